The third-order valence-corrected chi connectivity index (χ3v) is 3.59. The van der Waals surface area contributed by atoms with Crippen LogP contribution in [0.15, 0.2) is 73.3 Å². The molecule has 0 unspecified atom stereocenters. The third-order valence-electron chi connectivity index (χ3n) is 3.59. The summed E-state index contributed by atoms with van der Waals surface area (Å²) in [6.07, 6.45) is 7.23. The Balaban J connectivity index is 1.83. The average Bonchev–Trinajstić information content (AvgIpc) is 3.14. The first kappa shape index (κ1) is 14.7. The van der Waals surface area contributed by atoms with Gasteiger partial charge in [-0.25, -0.2) is 9.67 Å². The molecule has 112 valence electrons. The van der Waals surface area contributed by atoms with Gasteiger partial charge >= 0.3 is 0 Å². The maximum absolute atomic E-state index is 8.93. The highest BCUT2D eigenvalue weighted by molar-refractivity contribution is 5.65. The number of aryl methyl sites for hydroxylation is 1. The molecule has 0 amide bonds. The quantitative estimate of drug-likeness (QED) is 0.722. The van der Waals surface area contributed by atoms with Crippen LogP contribution in [0.3, 0.4) is 0 Å². The maximum atomic E-state index is 8.93. The smallest absolute Gasteiger partial charge is 0.138 e. The Hall–Kier alpha value is -3.19. The van der Waals surface area contributed by atoms with E-state index in [4.69, 9.17) is 5.26 Å². The Morgan fingerprint density at radius 1 is 1.09 bits per heavy atom. The lowest BCUT2D eigenvalue weighted by Gasteiger charge is -2.08. The van der Waals surface area contributed by atoms with E-state index in [1.165, 1.54) is 11.9 Å². The summed E-state index contributed by atoms with van der Waals surface area (Å²) < 4.78 is 1.76. The molecular weight excluding hydrogens is 284 g/mol. The predicted molar refractivity (Wildman–Crippen MR) is 89.3 cm³/mol. The van der Waals surface area contributed by atoms with Crippen molar-refractivity contribution in [3.63, 3.8) is 0 Å². The lowest BCUT2D eigenvalue weighted by Crippen LogP contribution is -2.00. The van der Waals surface area contributed by atoms with Gasteiger partial charge in [0.25, 0.3) is 0 Å². The van der Waals surface area contributed by atoms with Crippen LogP contribution in [-0.4, -0.2) is 14.8 Å². The Bertz CT molecular complexity index is 810. The summed E-state index contributed by atoms with van der Waals surface area (Å²) in [5.41, 5.74) is 3.95. The molecule has 0 saturated carbocycles. The molecule has 0 spiro atoms. The summed E-state index contributed by atoms with van der Waals surface area (Å²) >= 11 is 0. The summed E-state index contributed by atoms with van der Waals surface area (Å²) in [5.74, 6) is 0. The zero-order valence-electron chi connectivity index (χ0n) is 12.6. The largest absolute Gasteiger partial charge is 0.223 e. The van der Waals surface area contributed by atoms with Gasteiger partial charge in [0.1, 0.15) is 12.7 Å². The van der Waals surface area contributed by atoms with Crippen molar-refractivity contribution in [1.29, 1.82) is 5.26 Å². The molecule has 0 fully saturated rings. The van der Waals surface area contributed by atoms with Gasteiger partial charge in [-0.15, -0.1) is 0 Å². The van der Waals surface area contributed by atoms with Crippen LogP contribution in [0.4, 0.5) is 0 Å². The number of nitrogens with zero attached hydrogens (tertiary/aromatic N) is 4. The minimum Gasteiger partial charge on any atom is -0.223 e. The molecule has 3 rings (SSSR count). The molecule has 0 aliphatic carbocycles. The summed E-state index contributed by atoms with van der Waals surface area (Å²) in [7, 11) is 0. The first-order valence-corrected chi connectivity index (χ1v) is 7.46. The van der Waals surface area contributed by atoms with Crippen LogP contribution in [-0.2, 0) is 6.42 Å². The second kappa shape index (κ2) is 7.19. The number of allylic oxidation sites excluding steroid dienone is 1. The molecule has 0 aliphatic rings. The topological polar surface area (TPSA) is 54.5 Å². The van der Waals surface area contributed by atoms with Crippen LogP contribution in [0.1, 0.15) is 23.1 Å². The lowest BCUT2D eigenvalue weighted by molar-refractivity contribution is 0.888. The molecule has 0 aliphatic heterocycles. The number of hydrogen-bond acceptors (Lipinski definition) is 3. The van der Waals surface area contributed by atoms with Crippen LogP contribution < -0.4 is 0 Å². The van der Waals surface area contributed by atoms with Gasteiger partial charge in [0, 0.05) is 0 Å². The molecule has 0 bridgehead atoms. The Kier molecular flexibility index (Phi) is 4.61. The summed E-state index contributed by atoms with van der Waals surface area (Å²) in [6.45, 7) is 0. The summed E-state index contributed by atoms with van der Waals surface area (Å²) in [6, 6.07) is 20.0. The number of nitriles is 1. The van der Waals surface area contributed by atoms with E-state index >= 15 is 0 Å². The van der Waals surface area contributed by atoms with E-state index in [1.807, 2.05) is 30.3 Å². The van der Waals surface area contributed by atoms with Crippen LogP contribution in [0.2, 0.25) is 0 Å². The van der Waals surface area contributed by atoms with Gasteiger partial charge in [-0.2, -0.15) is 10.4 Å². The molecule has 0 radical (unpaired) electrons. The normalized spacial score (nSPS) is 11.2. The summed E-state index contributed by atoms with van der Waals surface area (Å²) in [5, 5.41) is 13.2. The second-order valence-corrected chi connectivity index (χ2v) is 5.14. The molecule has 0 saturated heterocycles. The molecule has 4 heteroatoms. The van der Waals surface area contributed by atoms with Gasteiger partial charge in [0.05, 0.1) is 17.3 Å². The SMILES string of the molecule is N#Cc1ccc(/C(=C\CCc2ccccc2)n2cncn2)cc1. The molecule has 2 aromatic carbocycles. The zero-order valence-corrected chi connectivity index (χ0v) is 12.6. The third kappa shape index (κ3) is 3.72. The first-order valence-electron chi connectivity index (χ1n) is 7.46. The Morgan fingerprint density at radius 3 is 2.52 bits per heavy atom. The fourth-order valence-corrected chi connectivity index (χ4v) is 2.41. The van der Waals surface area contributed by atoms with E-state index in [0.29, 0.717) is 5.56 Å². The lowest BCUT2D eigenvalue weighted by atomic mass is 10.1. The van der Waals surface area contributed by atoms with E-state index in [9.17, 15) is 0 Å². The van der Waals surface area contributed by atoms with Crippen molar-refractivity contribution in [2.24, 2.45) is 0 Å². The minimum atomic E-state index is 0.649. The minimum absolute atomic E-state index is 0.649. The number of rotatable bonds is 5. The van der Waals surface area contributed by atoms with E-state index in [2.05, 4.69) is 46.5 Å². The number of benzene rings is 2. The molecule has 1 heterocycles. The van der Waals surface area contributed by atoms with Crippen molar-refractivity contribution in [2.75, 3.05) is 0 Å². The van der Waals surface area contributed by atoms with Crippen molar-refractivity contribution in [1.82, 2.24) is 14.8 Å². The van der Waals surface area contributed by atoms with Gasteiger partial charge < -0.3 is 0 Å². The first-order chi connectivity index (χ1) is 11.4. The van der Waals surface area contributed by atoms with Gasteiger partial charge in [-0.1, -0.05) is 48.5 Å². The highest BCUT2D eigenvalue weighted by atomic mass is 15.3. The molecule has 0 N–H and O–H groups in total. The fourth-order valence-electron chi connectivity index (χ4n) is 2.41. The van der Waals surface area contributed by atoms with Gasteiger partial charge in [0.2, 0.25) is 0 Å². The van der Waals surface area contributed by atoms with Crippen molar-refractivity contribution in [2.45, 2.75) is 12.8 Å². The van der Waals surface area contributed by atoms with Crippen LogP contribution in [0.25, 0.3) is 5.70 Å². The highest BCUT2D eigenvalue weighted by Crippen LogP contribution is 2.18. The molecule has 4 nitrogen and oxygen atoms in total. The average molecular weight is 300 g/mol. The van der Waals surface area contributed by atoms with Gasteiger partial charge in [0.15, 0.2) is 0 Å². The predicted octanol–water partition coefficient (Wildman–Crippen LogP) is 3.67. The van der Waals surface area contributed by atoms with Crippen molar-refractivity contribution in [3.05, 3.63) is 90.0 Å². The van der Waals surface area contributed by atoms with Gasteiger partial charge in [-0.3, -0.25) is 0 Å². The Labute approximate surface area is 135 Å². The Morgan fingerprint density at radius 2 is 1.87 bits per heavy atom. The van der Waals surface area contributed by atoms with Crippen molar-refractivity contribution < 1.29 is 0 Å². The van der Waals surface area contributed by atoms with E-state index in [-0.39, 0.29) is 0 Å². The van der Waals surface area contributed by atoms with Crippen LogP contribution in [0.5, 0.6) is 0 Å². The molecular formula is C19H16N4. The van der Waals surface area contributed by atoms with Crippen molar-refractivity contribution >= 4 is 5.70 Å². The van der Waals surface area contributed by atoms with E-state index in [1.54, 1.807) is 11.0 Å². The number of aromatic nitrogens is 3. The fraction of sp³-hybridized carbons (Fsp3) is 0.105. The van der Waals surface area contributed by atoms with Gasteiger partial charge in [-0.05, 0) is 36.1 Å². The van der Waals surface area contributed by atoms with Crippen molar-refractivity contribution in [3.8, 4) is 6.07 Å². The molecule has 1 aromatic heterocycles. The summed E-state index contributed by atoms with van der Waals surface area (Å²) in [4.78, 5) is 4.03. The standard InChI is InChI=1S/C19H16N4/c20-13-17-9-11-18(12-10-17)19(23-15-21-14-22-23)8-4-7-16-5-2-1-3-6-16/h1-3,5-6,8-12,14-15H,4,7H2/b19-8+. The van der Waals surface area contributed by atoms with E-state index in [0.717, 1.165) is 24.1 Å². The van der Waals surface area contributed by atoms with E-state index < -0.39 is 0 Å². The maximum Gasteiger partial charge on any atom is 0.138 e. The molecule has 23 heavy (non-hydrogen) atoms. The highest BCUT2D eigenvalue weighted by Gasteiger charge is 2.05. The zero-order chi connectivity index (χ0) is 15.9. The number of hydrogen-bond donors (Lipinski definition) is 0. The van der Waals surface area contributed by atoms with Crippen LogP contribution >= 0.6 is 0 Å². The van der Waals surface area contributed by atoms with Crippen LogP contribution in [0, 0.1) is 11.3 Å². The monoisotopic (exact) mass is 300 g/mol. The second-order valence-electron chi connectivity index (χ2n) is 5.14. The molecule has 3 aromatic rings. The molecule has 0 atom stereocenters.